The Kier molecular flexibility index (Phi) is 9.73. The molecule has 10 aromatic carbocycles. The van der Waals surface area contributed by atoms with Gasteiger partial charge in [-0.3, -0.25) is 0 Å². The molecule has 3 nitrogen and oxygen atoms in total. The average molecular weight is 878 g/mol. The molecular weight excluding hydrogens is 835 g/mol. The number of para-hydroxylation sites is 1. The number of benzene rings is 10. The number of nitrogens with zero attached hydrogens (tertiary/aromatic N) is 3. The molecule has 1 aliphatic rings. The summed E-state index contributed by atoms with van der Waals surface area (Å²) in [4.78, 5) is 15.7. The van der Waals surface area contributed by atoms with E-state index in [4.69, 9.17) is 15.0 Å². The number of hydrogen-bond acceptors (Lipinski definition) is 3. The maximum absolute atomic E-state index is 5.50. The predicted octanol–water partition coefficient (Wildman–Crippen LogP) is 16.5. The third-order valence-corrected chi connectivity index (χ3v) is 14.0. The first-order valence-corrected chi connectivity index (χ1v) is 23.6. The van der Waals surface area contributed by atoms with E-state index in [9.17, 15) is 0 Å². The minimum atomic E-state index is -0.519. The van der Waals surface area contributed by atoms with Crippen LogP contribution >= 0.6 is 0 Å². The Morgan fingerprint density at radius 1 is 0.261 bits per heavy atom. The first-order chi connectivity index (χ1) is 34.2. The molecule has 0 unspecified atom stereocenters. The van der Waals surface area contributed by atoms with Gasteiger partial charge in [-0.1, -0.05) is 231 Å². The van der Waals surface area contributed by atoms with E-state index in [0.717, 1.165) is 66.8 Å². The topological polar surface area (TPSA) is 38.7 Å². The lowest BCUT2D eigenvalue weighted by Crippen LogP contribution is -2.28. The van der Waals surface area contributed by atoms with Gasteiger partial charge in [-0.25, -0.2) is 15.0 Å². The third kappa shape index (κ3) is 6.86. The van der Waals surface area contributed by atoms with Crippen LogP contribution in [-0.2, 0) is 5.41 Å². The van der Waals surface area contributed by atoms with Crippen LogP contribution in [0, 0.1) is 0 Å². The third-order valence-electron chi connectivity index (χ3n) is 14.0. The quantitative estimate of drug-likeness (QED) is 0.143. The van der Waals surface area contributed by atoms with Crippen LogP contribution in [0.5, 0.6) is 0 Å². The zero-order chi connectivity index (χ0) is 45.7. The van der Waals surface area contributed by atoms with Crippen LogP contribution in [0.4, 0.5) is 0 Å². The number of pyridine rings is 1. The van der Waals surface area contributed by atoms with Crippen LogP contribution < -0.4 is 0 Å². The minimum Gasteiger partial charge on any atom is -0.247 e. The summed E-state index contributed by atoms with van der Waals surface area (Å²) >= 11 is 0. The van der Waals surface area contributed by atoms with Crippen molar-refractivity contribution in [1.29, 1.82) is 0 Å². The number of hydrogen-bond donors (Lipinski definition) is 0. The van der Waals surface area contributed by atoms with Gasteiger partial charge in [0.05, 0.1) is 28.0 Å². The molecule has 0 saturated carbocycles. The smallest absolute Gasteiger partial charge is 0.160 e. The van der Waals surface area contributed by atoms with Crippen molar-refractivity contribution >= 4 is 21.7 Å². The summed E-state index contributed by atoms with van der Waals surface area (Å²) in [5.41, 5.74) is 19.5. The fourth-order valence-electron chi connectivity index (χ4n) is 10.7. The van der Waals surface area contributed by atoms with Gasteiger partial charge in [0.1, 0.15) is 0 Å². The fraction of sp³-hybridized carbons (Fsp3) is 0.0152. The van der Waals surface area contributed by atoms with E-state index in [1.807, 2.05) is 24.3 Å². The minimum absolute atomic E-state index is 0.519. The number of aromatic nitrogens is 3. The van der Waals surface area contributed by atoms with E-state index in [0.29, 0.717) is 5.82 Å². The molecular formula is C66H43N3. The molecule has 0 N–H and O–H groups in total. The van der Waals surface area contributed by atoms with Gasteiger partial charge in [0, 0.05) is 33.0 Å². The number of rotatable bonds is 8. The molecule has 322 valence electrons. The van der Waals surface area contributed by atoms with Crippen LogP contribution in [-0.4, -0.2) is 15.0 Å². The van der Waals surface area contributed by atoms with Crippen molar-refractivity contribution in [3.63, 3.8) is 0 Å². The molecule has 0 fully saturated rings. The van der Waals surface area contributed by atoms with Crippen molar-refractivity contribution in [3.05, 3.63) is 283 Å². The van der Waals surface area contributed by atoms with Gasteiger partial charge in [-0.15, -0.1) is 0 Å². The van der Waals surface area contributed by atoms with E-state index in [1.54, 1.807) is 0 Å². The SMILES string of the molecule is c1ccc(-c2ccc(-c3cc(-c4ccc(-c5cccc(-c6nc7ccccc7c7cc8c(cc67)C(c6ccccc6)(c6ccccc6)c6ccccc6-8)c5)cc4)nc(-c4ccccc4)n3)cc2)cc1. The van der Waals surface area contributed by atoms with E-state index in [2.05, 4.69) is 237 Å². The molecule has 12 aromatic rings. The summed E-state index contributed by atoms with van der Waals surface area (Å²) in [6.45, 7) is 0. The Bertz CT molecular complexity index is 3810. The normalized spacial score (nSPS) is 12.5. The van der Waals surface area contributed by atoms with Crippen LogP contribution in [0.2, 0.25) is 0 Å². The van der Waals surface area contributed by atoms with Crippen molar-refractivity contribution in [2.75, 3.05) is 0 Å². The van der Waals surface area contributed by atoms with Gasteiger partial charge in [0.2, 0.25) is 0 Å². The van der Waals surface area contributed by atoms with E-state index >= 15 is 0 Å². The van der Waals surface area contributed by atoms with Crippen molar-refractivity contribution in [2.24, 2.45) is 0 Å². The monoisotopic (exact) mass is 877 g/mol. The summed E-state index contributed by atoms with van der Waals surface area (Å²) in [6.07, 6.45) is 0. The molecule has 69 heavy (non-hydrogen) atoms. The maximum atomic E-state index is 5.50. The van der Waals surface area contributed by atoms with Crippen molar-refractivity contribution in [3.8, 4) is 78.5 Å². The van der Waals surface area contributed by atoms with Gasteiger partial charge < -0.3 is 0 Å². The first-order valence-electron chi connectivity index (χ1n) is 23.6. The van der Waals surface area contributed by atoms with Gasteiger partial charge in [0.25, 0.3) is 0 Å². The molecule has 0 bridgehead atoms. The Hall–Kier alpha value is -9.05. The molecule has 3 heteroatoms. The van der Waals surface area contributed by atoms with Gasteiger partial charge in [-0.05, 0) is 91.4 Å². The summed E-state index contributed by atoms with van der Waals surface area (Å²) < 4.78 is 0. The Morgan fingerprint density at radius 2 is 0.754 bits per heavy atom. The highest BCUT2D eigenvalue weighted by Crippen LogP contribution is 2.57. The highest BCUT2D eigenvalue weighted by molar-refractivity contribution is 6.13. The Morgan fingerprint density at radius 3 is 1.41 bits per heavy atom. The first kappa shape index (κ1) is 40.2. The van der Waals surface area contributed by atoms with E-state index in [-0.39, 0.29) is 0 Å². The Labute approximate surface area is 401 Å². The highest BCUT2D eigenvalue weighted by atomic mass is 14.9. The van der Waals surface area contributed by atoms with Crippen LogP contribution in [0.1, 0.15) is 22.3 Å². The summed E-state index contributed by atoms with van der Waals surface area (Å²) in [5.74, 6) is 0.696. The van der Waals surface area contributed by atoms with Crippen LogP contribution in [0.25, 0.3) is 100 Å². The van der Waals surface area contributed by atoms with Crippen molar-refractivity contribution in [2.45, 2.75) is 5.41 Å². The molecule has 0 spiro atoms. The summed E-state index contributed by atoms with van der Waals surface area (Å²) in [7, 11) is 0. The lowest BCUT2D eigenvalue weighted by Gasteiger charge is -2.34. The average Bonchev–Trinajstić information content (AvgIpc) is 3.73. The molecule has 0 atom stereocenters. The summed E-state index contributed by atoms with van der Waals surface area (Å²) in [5, 5.41) is 3.47. The van der Waals surface area contributed by atoms with Gasteiger partial charge in [-0.2, -0.15) is 0 Å². The van der Waals surface area contributed by atoms with E-state index < -0.39 is 5.41 Å². The largest absolute Gasteiger partial charge is 0.247 e. The summed E-state index contributed by atoms with van der Waals surface area (Å²) in [6, 6.07) is 93.6. The zero-order valence-corrected chi connectivity index (χ0v) is 37.7. The number of fused-ring (bicyclic) bond motifs is 6. The maximum Gasteiger partial charge on any atom is 0.160 e. The lowest BCUT2D eigenvalue weighted by molar-refractivity contribution is 0.769. The molecule has 1 aliphatic carbocycles. The molecule has 13 rings (SSSR count). The molecule has 0 radical (unpaired) electrons. The molecule has 0 saturated heterocycles. The highest BCUT2D eigenvalue weighted by Gasteiger charge is 2.46. The second-order valence-corrected chi connectivity index (χ2v) is 17.9. The van der Waals surface area contributed by atoms with Crippen molar-refractivity contribution < 1.29 is 0 Å². The molecule has 2 heterocycles. The van der Waals surface area contributed by atoms with Gasteiger partial charge >= 0.3 is 0 Å². The lowest BCUT2D eigenvalue weighted by atomic mass is 9.67. The predicted molar refractivity (Wildman–Crippen MR) is 285 cm³/mol. The molecule has 0 aliphatic heterocycles. The molecule has 0 amide bonds. The standard InChI is InChI=1S/C66H43N3/c1-5-18-44(19-6-1)45-32-36-47(37-33-45)62-43-63(69-65(68-62)49-20-7-2-8-21-49)48-38-34-46(35-39-48)50-22-17-23-51(40-50)64-58-42-60-57(41-56(58)55-29-14-16-31-61(55)67-64)54-28-13-15-30-59(54)66(60,52-24-9-3-10-25-52)53-26-11-4-12-27-53/h1-43H. The zero-order valence-electron chi connectivity index (χ0n) is 37.7. The second kappa shape index (κ2) is 16.7. The van der Waals surface area contributed by atoms with Crippen LogP contribution in [0.15, 0.2) is 261 Å². The molecule has 2 aromatic heterocycles. The van der Waals surface area contributed by atoms with Gasteiger partial charge in [0.15, 0.2) is 5.82 Å². The van der Waals surface area contributed by atoms with E-state index in [1.165, 1.54) is 49.9 Å². The van der Waals surface area contributed by atoms with Crippen LogP contribution in [0.3, 0.4) is 0 Å². The van der Waals surface area contributed by atoms with Crippen molar-refractivity contribution in [1.82, 2.24) is 15.0 Å². The second-order valence-electron chi connectivity index (χ2n) is 17.9. The fourth-order valence-corrected chi connectivity index (χ4v) is 10.7. The Balaban J connectivity index is 0.924.